The quantitative estimate of drug-likeness (QED) is 0.897. The first kappa shape index (κ1) is 12.7. The Morgan fingerprint density at radius 1 is 1.47 bits per heavy atom. The highest BCUT2D eigenvalue weighted by Crippen LogP contribution is 2.23. The lowest BCUT2D eigenvalue weighted by molar-refractivity contribution is 0.151. The zero-order chi connectivity index (χ0) is 12.3. The molecule has 1 fully saturated rings. The molecule has 94 valence electrons. The van der Waals surface area contributed by atoms with E-state index in [4.69, 9.17) is 11.6 Å². The molecule has 1 saturated heterocycles. The number of anilines is 1. The van der Waals surface area contributed by atoms with Gasteiger partial charge in [0.25, 0.3) is 0 Å². The van der Waals surface area contributed by atoms with Crippen LogP contribution in [0.25, 0.3) is 0 Å². The second-order valence-corrected chi connectivity index (χ2v) is 5.10. The van der Waals surface area contributed by atoms with E-state index in [0.717, 1.165) is 29.6 Å². The normalized spacial score (nSPS) is 21.5. The number of aromatic nitrogens is 1. The highest BCUT2D eigenvalue weighted by molar-refractivity contribution is 6.31. The van der Waals surface area contributed by atoms with Crippen molar-refractivity contribution in [2.75, 3.05) is 18.9 Å². The van der Waals surface area contributed by atoms with Crippen molar-refractivity contribution in [3.63, 3.8) is 0 Å². The van der Waals surface area contributed by atoms with Crippen molar-refractivity contribution in [2.24, 2.45) is 0 Å². The topological polar surface area (TPSA) is 28.2 Å². The van der Waals surface area contributed by atoms with Gasteiger partial charge in [-0.15, -0.1) is 0 Å². The monoisotopic (exact) mass is 253 g/mol. The van der Waals surface area contributed by atoms with Crippen LogP contribution in [-0.4, -0.2) is 29.5 Å². The van der Waals surface area contributed by atoms with Crippen molar-refractivity contribution in [3.8, 4) is 0 Å². The van der Waals surface area contributed by atoms with Crippen molar-refractivity contribution >= 4 is 17.4 Å². The van der Waals surface area contributed by atoms with E-state index in [-0.39, 0.29) is 0 Å². The largest absolute Gasteiger partial charge is 0.373 e. The summed E-state index contributed by atoms with van der Waals surface area (Å²) >= 11 is 6.20. The van der Waals surface area contributed by atoms with Crippen LogP contribution in [0.2, 0.25) is 5.02 Å². The van der Waals surface area contributed by atoms with Crippen LogP contribution in [0, 0.1) is 0 Å². The highest BCUT2D eigenvalue weighted by Gasteiger charge is 2.19. The fourth-order valence-electron chi connectivity index (χ4n) is 2.32. The van der Waals surface area contributed by atoms with Gasteiger partial charge in [0.15, 0.2) is 0 Å². The van der Waals surface area contributed by atoms with Crippen molar-refractivity contribution in [2.45, 2.75) is 38.8 Å². The number of likely N-dealkylation sites (tertiary alicyclic amines) is 1. The summed E-state index contributed by atoms with van der Waals surface area (Å²) in [6, 6.07) is 4.47. The van der Waals surface area contributed by atoms with Gasteiger partial charge in [0.1, 0.15) is 5.82 Å². The summed E-state index contributed by atoms with van der Waals surface area (Å²) in [7, 11) is 1.88. The zero-order valence-corrected chi connectivity index (χ0v) is 11.3. The zero-order valence-electron chi connectivity index (χ0n) is 10.5. The first-order chi connectivity index (χ1) is 8.20. The van der Waals surface area contributed by atoms with Crippen LogP contribution in [0.4, 0.5) is 5.82 Å². The number of nitrogens with one attached hydrogen (secondary N) is 1. The highest BCUT2D eigenvalue weighted by atomic mass is 35.5. The summed E-state index contributed by atoms with van der Waals surface area (Å²) in [6.07, 6.45) is 3.91. The Morgan fingerprint density at radius 3 is 3.00 bits per heavy atom. The summed E-state index contributed by atoms with van der Waals surface area (Å²) in [5.41, 5.74) is 0.979. The molecule has 0 amide bonds. The number of halogens is 1. The van der Waals surface area contributed by atoms with Crippen LogP contribution < -0.4 is 5.32 Å². The van der Waals surface area contributed by atoms with E-state index in [9.17, 15) is 0 Å². The van der Waals surface area contributed by atoms with Crippen molar-refractivity contribution < 1.29 is 0 Å². The molecular weight excluding hydrogens is 234 g/mol. The first-order valence-electron chi connectivity index (χ1n) is 6.28. The van der Waals surface area contributed by atoms with Gasteiger partial charge in [-0.2, -0.15) is 0 Å². The predicted octanol–water partition coefficient (Wildman–Crippen LogP) is 3.15. The lowest BCUT2D eigenvalue weighted by Crippen LogP contribution is -2.37. The molecule has 1 aliphatic heterocycles. The summed E-state index contributed by atoms with van der Waals surface area (Å²) in [5, 5.41) is 3.82. The van der Waals surface area contributed by atoms with Gasteiger partial charge in [0, 0.05) is 19.6 Å². The molecule has 1 unspecified atom stereocenters. The minimum absolute atomic E-state index is 0.639. The molecule has 0 spiro atoms. The van der Waals surface area contributed by atoms with Gasteiger partial charge in [-0.05, 0) is 38.4 Å². The van der Waals surface area contributed by atoms with Crippen molar-refractivity contribution in [1.82, 2.24) is 9.88 Å². The molecule has 4 heteroatoms. The van der Waals surface area contributed by atoms with Crippen LogP contribution in [0.5, 0.6) is 0 Å². The van der Waals surface area contributed by atoms with E-state index in [1.54, 1.807) is 0 Å². The standard InChI is InChI=1S/C13H20ClN3/c1-10-5-3-4-8-17(10)9-12-11(14)6-7-13(15-2)16-12/h6-7,10H,3-5,8-9H2,1-2H3,(H,15,16). The second-order valence-electron chi connectivity index (χ2n) is 4.69. The molecule has 2 heterocycles. The van der Waals surface area contributed by atoms with Crippen LogP contribution in [0.1, 0.15) is 31.9 Å². The Balaban J connectivity index is 2.11. The SMILES string of the molecule is CNc1ccc(Cl)c(CN2CCCCC2C)n1. The lowest BCUT2D eigenvalue weighted by Gasteiger charge is -2.33. The van der Waals surface area contributed by atoms with Gasteiger partial charge in [-0.25, -0.2) is 4.98 Å². The van der Waals surface area contributed by atoms with E-state index in [1.165, 1.54) is 19.3 Å². The number of piperidine rings is 1. The molecule has 1 aromatic rings. The third-order valence-electron chi connectivity index (χ3n) is 3.47. The molecule has 1 aromatic heterocycles. The Labute approximate surface area is 108 Å². The molecule has 0 radical (unpaired) electrons. The smallest absolute Gasteiger partial charge is 0.126 e. The summed E-state index contributed by atoms with van der Waals surface area (Å²) < 4.78 is 0. The molecule has 0 aromatic carbocycles. The maximum Gasteiger partial charge on any atom is 0.126 e. The number of nitrogens with zero attached hydrogens (tertiary/aromatic N) is 2. The molecule has 3 nitrogen and oxygen atoms in total. The fraction of sp³-hybridized carbons (Fsp3) is 0.615. The first-order valence-corrected chi connectivity index (χ1v) is 6.65. The minimum Gasteiger partial charge on any atom is -0.373 e. The summed E-state index contributed by atoms with van der Waals surface area (Å²) in [4.78, 5) is 7.00. The second kappa shape index (κ2) is 5.69. The Morgan fingerprint density at radius 2 is 2.29 bits per heavy atom. The van der Waals surface area contributed by atoms with Crippen LogP contribution >= 0.6 is 11.6 Å². The van der Waals surface area contributed by atoms with Crippen LogP contribution in [0.15, 0.2) is 12.1 Å². The molecule has 0 aliphatic carbocycles. The molecule has 1 aliphatic rings. The summed E-state index contributed by atoms with van der Waals surface area (Å²) in [5.74, 6) is 0.883. The third kappa shape index (κ3) is 3.11. The van der Waals surface area contributed by atoms with Crippen molar-refractivity contribution in [3.05, 3.63) is 22.8 Å². The van der Waals surface area contributed by atoms with Gasteiger partial charge in [0.05, 0.1) is 10.7 Å². The average molecular weight is 254 g/mol. The Hall–Kier alpha value is -0.800. The Bertz CT molecular complexity index is 381. The lowest BCUT2D eigenvalue weighted by atomic mass is 10.0. The predicted molar refractivity (Wildman–Crippen MR) is 72.5 cm³/mol. The number of hydrogen-bond donors (Lipinski definition) is 1. The third-order valence-corrected chi connectivity index (χ3v) is 3.81. The van der Waals surface area contributed by atoms with Gasteiger partial charge >= 0.3 is 0 Å². The van der Waals surface area contributed by atoms with Crippen molar-refractivity contribution in [1.29, 1.82) is 0 Å². The Kier molecular flexibility index (Phi) is 4.24. The minimum atomic E-state index is 0.639. The van der Waals surface area contributed by atoms with E-state index in [2.05, 4.69) is 22.1 Å². The van der Waals surface area contributed by atoms with E-state index in [1.807, 2.05) is 19.2 Å². The van der Waals surface area contributed by atoms with E-state index in [0.29, 0.717) is 6.04 Å². The molecule has 17 heavy (non-hydrogen) atoms. The molecule has 2 rings (SSSR count). The fourth-order valence-corrected chi connectivity index (χ4v) is 2.48. The number of hydrogen-bond acceptors (Lipinski definition) is 3. The van der Waals surface area contributed by atoms with Crippen LogP contribution in [0.3, 0.4) is 0 Å². The van der Waals surface area contributed by atoms with E-state index < -0.39 is 0 Å². The molecule has 0 saturated carbocycles. The number of pyridine rings is 1. The molecule has 1 N–H and O–H groups in total. The van der Waals surface area contributed by atoms with Gasteiger partial charge < -0.3 is 5.32 Å². The van der Waals surface area contributed by atoms with Gasteiger partial charge in [0.2, 0.25) is 0 Å². The van der Waals surface area contributed by atoms with Crippen LogP contribution in [-0.2, 0) is 6.54 Å². The maximum absolute atomic E-state index is 6.20. The average Bonchev–Trinajstić information content (AvgIpc) is 2.35. The molecule has 0 bridgehead atoms. The van der Waals surface area contributed by atoms with E-state index >= 15 is 0 Å². The maximum atomic E-state index is 6.20. The van der Waals surface area contributed by atoms with Gasteiger partial charge in [-0.1, -0.05) is 18.0 Å². The molecular formula is C13H20ClN3. The molecule has 1 atom stereocenters. The summed E-state index contributed by atoms with van der Waals surface area (Å²) in [6.45, 7) is 4.30. The van der Waals surface area contributed by atoms with Gasteiger partial charge in [-0.3, -0.25) is 4.90 Å². The number of rotatable bonds is 3.